The smallest absolute Gasteiger partial charge is 0.344 e. The second-order valence-corrected chi connectivity index (χ2v) is 7.28. The van der Waals surface area contributed by atoms with E-state index in [9.17, 15) is 4.79 Å². The van der Waals surface area contributed by atoms with Crippen molar-refractivity contribution in [3.63, 3.8) is 0 Å². The maximum Gasteiger partial charge on any atom is 0.344 e. The molecule has 0 spiro atoms. The Kier molecular flexibility index (Phi) is 4.62. The first kappa shape index (κ1) is 17.6. The molecule has 27 heavy (non-hydrogen) atoms. The van der Waals surface area contributed by atoms with E-state index in [2.05, 4.69) is 30.1 Å². The van der Waals surface area contributed by atoms with Crippen LogP contribution in [-0.4, -0.2) is 32.3 Å². The van der Waals surface area contributed by atoms with Gasteiger partial charge >= 0.3 is 5.63 Å². The number of benzene rings is 2. The summed E-state index contributed by atoms with van der Waals surface area (Å²) in [7, 11) is 1.62. The number of anilines is 1. The lowest BCUT2D eigenvalue weighted by Gasteiger charge is -2.37. The standard InChI is InChI=1S/C22H24N2O3/c1-14-12-24(13-15(2)23-14)18-8-7-16-10-21(27-22(25)20(16)11-18)17-5-4-6-19(9-17)26-3/h4-11,14-15,23H,12-13H2,1-3H3/t14-,15+. The van der Waals surface area contributed by atoms with Crippen molar-refractivity contribution in [1.82, 2.24) is 5.32 Å². The minimum Gasteiger partial charge on any atom is -0.497 e. The van der Waals surface area contributed by atoms with Gasteiger partial charge in [-0.15, -0.1) is 0 Å². The molecule has 0 saturated carbocycles. The highest BCUT2D eigenvalue weighted by Gasteiger charge is 2.21. The summed E-state index contributed by atoms with van der Waals surface area (Å²) < 4.78 is 10.9. The first-order valence-corrected chi connectivity index (χ1v) is 9.27. The van der Waals surface area contributed by atoms with Crippen LogP contribution in [0.2, 0.25) is 0 Å². The van der Waals surface area contributed by atoms with E-state index in [4.69, 9.17) is 9.15 Å². The van der Waals surface area contributed by atoms with Gasteiger partial charge < -0.3 is 19.4 Å². The molecule has 1 fully saturated rings. The Balaban J connectivity index is 1.73. The Morgan fingerprint density at radius 3 is 2.59 bits per heavy atom. The van der Waals surface area contributed by atoms with E-state index >= 15 is 0 Å². The first-order valence-electron chi connectivity index (χ1n) is 9.27. The van der Waals surface area contributed by atoms with Gasteiger partial charge in [0.1, 0.15) is 11.5 Å². The molecule has 0 radical (unpaired) electrons. The zero-order valence-electron chi connectivity index (χ0n) is 15.9. The highest BCUT2D eigenvalue weighted by Crippen LogP contribution is 2.28. The molecule has 0 unspecified atom stereocenters. The number of ether oxygens (including phenoxy) is 1. The van der Waals surface area contributed by atoms with E-state index in [0.29, 0.717) is 23.2 Å². The fourth-order valence-electron chi connectivity index (χ4n) is 3.83. The topological polar surface area (TPSA) is 54.7 Å². The largest absolute Gasteiger partial charge is 0.497 e. The Labute approximate surface area is 158 Å². The molecule has 1 aliphatic rings. The van der Waals surface area contributed by atoms with Gasteiger partial charge in [0.15, 0.2) is 0 Å². The van der Waals surface area contributed by atoms with Gasteiger partial charge in [-0.25, -0.2) is 4.79 Å². The Morgan fingerprint density at radius 2 is 1.85 bits per heavy atom. The lowest BCUT2D eigenvalue weighted by molar-refractivity contribution is 0.407. The first-order chi connectivity index (χ1) is 13.0. The van der Waals surface area contributed by atoms with Crippen molar-refractivity contribution < 1.29 is 9.15 Å². The fourth-order valence-corrected chi connectivity index (χ4v) is 3.83. The third-order valence-electron chi connectivity index (χ3n) is 5.02. The minimum atomic E-state index is -0.316. The average molecular weight is 364 g/mol. The molecule has 140 valence electrons. The van der Waals surface area contributed by atoms with Crippen LogP contribution in [0, 0.1) is 0 Å². The van der Waals surface area contributed by atoms with Crippen molar-refractivity contribution in [2.45, 2.75) is 25.9 Å². The Morgan fingerprint density at radius 1 is 1.07 bits per heavy atom. The number of piperazine rings is 1. The van der Waals surface area contributed by atoms with Crippen molar-refractivity contribution in [2.75, 3.05) is 25.1 Å². The van der Waals surface area contributed by atoms with Gasteiger partial charge in [-0.2, -0.15) is 0 Å². The van der Waals surface area contributed by atoms with Crippen LogP contribution in [0.15, 0.2) is 57.7 Å². The molecule has 1 N–H and O–H groups in total. The minimum absolute atomic E-state index is 0.316. The van der Waals surface area contributed by atoms with Crippen LogP contribution < -0.4 is 20.6 Å². The third-order valence-corrected chi connectivity index (χ3v) is 5.02. The van der Waals surface area contributed by atoms with Crippen LogP contribution in [-0.2, 0) is 0 Å². The van der Waals surface area contributed by atoms with Crippen LogP contribution >= 0.6 is 0 Å². The van der Waals surface area contributed by atoms with E-state index in [1.54, 1.807) is 7.11 Å². The van der Waals surface area contributed by atoms with Gasteiger partial charge in [0.05, 0.1) is 12.5 Å². The number of rotatable bonds is 3. The highest BCUT2D eigenvalue weighted by molar-refractivity contribution is 5.87. The maximum absolute atomic E-state index is 12.7. The number of fused-ring (bicyclic) bond motifs is 1. The van der Waals surface area contributed by atoms with Gasteiger partial charge in [-0.1, -0.05) is 18.2 Å². The molecular weight excluding hydrogens is 340 g/mol. The SMILES string of the molecule is COc1cccc(-c2cc3ccc(N4C[C@@H](C)N[C@@H](C)C4)cc3c(=O)o2)c1. The molecule has 0 amide bonds. The Bertz CT molecular complexity index is 1020. The molecule has 1 aliphatic heterocycles. The van der Waals surface area contributed by atoms with E-state index in [1.165, 1.54) is 0 Å². The van der Waals surface area contributed by atoms with Crippen LogP contribution in [0.1, 0.15) is 13.8 Å². The van der Waals surface area contributed by atoms with Crippen molar-refractivity contribution in [1.29, 1.82) is 0 Å². The Hall–Kier alpha value is -2.79. The van der Waals surface area contributed by atoms with Gasteiger partial charge in [-0.05, 0) is 49.6 Å². The van der Waals surface area contributed by atoms with Gasteiger partial charge in [0.25, 0.3) is 0 Å². The summed E-state index contributed by atoms with van der Waals surface area (Å²) in [4.78, 5) is 15.0. The predicted molar refractivity (Wildman–Crippen MR) is 109 cm³/mol. The van der Waals surface area contributed by atoms with Gasteiger partial charge in [0.2, 0.25) is 0 Å². The molecule has 2 atom stereocenters. The molecule has 1 aromatic heterocycles. The van der Waals surface area contributed by atoms with Gasteiger partial charge in [-0.3, -0.25) is 0 Å². The maximum atomic E-state index is 12.7. The van der Waals surface area contributed by atoms with Crippen LogP contribution in [0.3, 0.4) is 0 Å². The summed E-state index contributed by atoms with van der Waals surface area (Å²) in [6.07, 6.45) is 0. The molecule has 2 aromatic carbocycles. The number of hydrogen-bond donors (Lipinski definition) is 1. The van der Waals surface area contributed by atoms with Crippen molar-refractivity contribution in [2.24, 2.45) is 0 Å². The monoisotopic (exact) mass is 364 g/mol. The third kappa shape index (κ3) is 3.55. The summed E-state index contributed by atoms with van der Waals surface area (Å²) in [5, 5.41) is 5.02. The zero-order chi connectivity index (χ0) is 19.0. The van der Waals surface area contributed by atoms with E-state index in [-0.39, 0.29) is 5.63 Å². The molecule has 1 saturated heterocycles. The molecule has 5 heteroatoms. The van der Waals surface area contributed by atoms with Crippen LogP contribution in [0.4, 0.5) is 5.69 Å². The summed E-state index contributed by atoms with van der Waals surface area (Å²) >= 11 is 0. The number of hydrogen-bond acceptors (Lipinski definition) is 5. The van der Waals surface area contributed by atoms with Crippen molar-refractivity contribution in [3.05, 3.63) is 59.0 Å². The van der Waals surface area contributed by atoms with Crippen molar-refractivity contribution >= 4 is 16.5 Å². The second-order valence-electron chi connectivity index (χ2n) is 7.28. The number of methoxy groups -OCH3 is 1. The molecular formula is C22H24N2O3. The average Bonchev–Trinajstić information content (AvgIpc) is 2.67. The molecule has 2 heterocycles. The van der Waals surface area contributed by atoms with Crippen molar-refractivity contribution in [3.8, 4) is 17.1 Å². The summed E-state index contributed by atoms with van der Waals surface area (Å²) in [6, 6.07) is 16.3. The van der Waals surface area contributed by atoms with E-state index in [0.717, 1.165) is 35.5 Å². The normalized spacial score (nSPS) is 20.0. The molecule has 3 aromatic rings. The van der Waals surface area contributed by atoms with E-state index < -0.39 is 0 Å². The molecule has 4 rings (SSSR count). The second kappa shape index (κ2) is 7.08. The molecule has 0 bridgehead atoms. The lowest BCUT2D eigenvalue weighted by atomic mass is 10.1. The summed E-state index contributed by atoms with van der Waals surface area (Å²) in [6.45, 7) is 6.20. The zero-order valence-corrected chi connectivity index (χ0v) is 15.9. The lowest BCUT2D eigenvalue weighted by Crippen LogP contribution is -2.54. The summed E-state index contributed by atoms with van der Waals surface area (Å²) in [5.74, 6) is 1.27. The van der Waals surface area contributed by atoms with E-state index in [1.807, 2.05) is 42.5 Å². The number of nitrogens with zero attached hydrogens (tertiary/aromatic N) is 1. The van der Waals surface area contributed by atoms with Gasteiger partial charge in [0, 0.05) is 36.4 Å². The molecule has 5 nitrogen and oxygen atoms in total. The molecule has 0 aliphatic carbocycles. The highest BCUT2D eigenvalue weighted by atomic mass is 16.5. The fraction of sp³-hybridized carbons (Fsp3) is 0.318. The van der Waals surface area contributed by atoms with Crippen LogP contribution in [0.25, 0.3) is 22.1 Å². The predicted octanol–water partition coefficient (Wildman–Crippen LogP) is 3.66. The quantitative estimate of drug-likeness (QED) is 0.769. The number of nitrogens with one attached hydrogen (secondary N) is 1. The van der Waals surface area contributed by atoms with Crippen LogP contribution in [0.5, 0.6) is 5.75 Å². The summed E-state index contributed by atoms with van der Waals surface area (Å²) in [5.41, 5.74) is 1.56.